The molecule has 0 bridgehead atoms. The summed E-state index contributed by atoms with van der Waals surface area (Å²) in [5.74, 6) is 0.560. The van der Waals surface area contributed by atoms with E-state index in [0.717, 1.165) is 0 Å². The Morgan fingerprint density at radius 1 is 0.893 bits per heavy atom. The molecule has 0 saturated carbocycles. The summed E-state index contributed by atoms with van der Waals surface area (Å²) in [7, 11) is 0.271. The van der Waals surface area contributed by atoms with Crippen LogP contribution in [-0.2, 0) is 30.6 Å². The van der Waals surface area contributed by atoms with Crippen molar-refractivity contribution in [2.75, 3.05) is 0 Å². The Labute approximate surface area is 203 Å². The number of hydrogen-bond donors (Lipinski definition) is 0. The second-order valence-electron chi connectivity index (χ2n) is 5.88. The third-order valence-corrected chi connectivity index (χ3v) is 5.61. The summed E-state index contributed by atoms with van der Waals surface area (Å²) in [4.78, 5) is 8.47. The summed E-state index contributed by atoms with van der Waals surface area (Å²) in [5, 5.41) is 2.90. The summed E-state index contributed by atoms with van der Waals surface area (Å²) >= 11 is 0. The normalized spacial score (nSPS) is 13.7. The maximum absolute atomic E-state index is 8.47. The minimum Gasteiger partial charge on any atom is -1.00 e. The zero-order valence-corrected chi connectivity index (χ0v) is 22.9. The van der Waals surface area contributed by atoms with E-state index in [4.69, 9.17) is 10.5 Å². The van der Waals surface area contributed by atoms with Gasteiger partial charge in [0.05, 0.1) is 0 Å². The minimum absolute atomic E-state index is 0. The third-order valence-electron chi connectivity index (χ3n) is 4.17. The second kappa shape index (κ2) is 18.1. The molecule has 0 aliphatic heterocycles. The molecule has 1 atom stereocenters. The van der Waals surface area contributed by atoms with Crippen LogP contribution in [-0.4, -0.2) is 15.9 Å². The van der Waals surface area contributed by atoms with Crippen LogP contribution in [0.25, 0.3) is 5.73 Å². The van der Waals surface area contributed by atoms with Gasteiger partial charge in [0, 0.05) is 6.41 Å². The molecular weight excluding hydrogens is 572 g/mol. The van der Waals surface area contributed by atoms with Crippen LogP contribution in [0.5, 0.6) is 0 Å². The van der Waals surface area contributed by atoms with E-state index in [1.165, 1.54) is 27.1 Å². The molecule has 1 aliphatic carbocycles. The van der Waals surface area contributed by atoms with E-state index >= 15 is 0 Å². The SMILES string of the molecule is CC1=[C-]C(C)C(C)=C1C.[Cl-].[Cl-].[Hf+4].[NH-]C=O.c1ccc([SiH]c2ccccc2)cc1. The van der Waals surface area contributed by atoms with E-state index in [0.29, 0.717) is 5.92 Å². The number of amides is 1. The fraction of sp³-hybridized carbons (Fsp3) is 0.227. The summed E-state index contributed by atoms with van der Waals surface area (Å²) in [6.07, 6.45) is 3.36. The summed E-state index contributed by atoms with van der Waals surface area (Å²) < 4.78 is 0. The Bertz CT molecular complexity index is 684. The zero-order valence-electron chi connectivity index (χ0n) is 16.7. The monoisotopic (exact) mass is 598 g/mol. The van der Waals surface area contributed by atoms with E-state index in [1.807, 2.05) is 0 Å². The molecule has 0 aromatic heterocycles. The first-order chi connectivity index (χ1) is 12.0. The Morgan fingerprint density at radius 2 is 1.25 bits per heavy atom. The summed E-state index contributed by atoms with van der Waals surface area (Å²) in [6, 6.07) is 21.3. The Kier molecular flexibility index (Phi) is 20.5. The van der Waals surface area contributed by atoms with E-state index in [2.05, 4.69) is 94.4 Å². The van der Waals surface area contributed by atoms with Gasteiger partial charge in [0.2, 0.25) is 0 Å². The molecule has 1 amide bonds. The number of nitrogens with one attached hydrogen (secondary N) is 1. The third kappa shape index (κ3) is 11.8. The number of carbonyl (C=O) groups excluding carboxylic acids is 1. The fourth-order valence-electron chi connectivity index (χ4n) is 2.45. The standard InChI is InChI=1S/C12H11Si.C9H13.CH3NO.2ClH.Hf/c1-3-7-11(8-4-1)13-12-9-5-2-6-10-12;1-6-5-7(2)9(4)8(6)3;2-1-3;;;/h1-10,13H;6H,1-4H3;1H,(H2,2,3);2*1H;/q;-1;;;;+4/p-3. The minimum atomic E-state index is 0. The van der Waals surface area contributed by atoms with Gasteiger partial charge in [0.15, 0.2) is 0 Å². The molecule has 0 saturated heterocycles. The first-order valence-electron chi connectivity index (χ1n) is 8.33. The number of halogens is 2. The molecule has 0 fully saturated rings. The molecule has 2 nitrogen and oxygen atoms in total. The van der Waals surface area contributed by atoms with Crippen molar-refractivity contribution in [3.05, 3.63) is 89.2 Å². The van der Waals surface area contributed by atoms with E-state index in [-0.39, 0.29) is 66.6 Å². The van der Waals surface area contributed by atoms with Gasteiger partial charge in [-0.15, -0.1) is 6.92 Å². The van der Waals surface area contributed by atoms with Gasteiger partial charge in [0.25, 0.3) is 0 Å². The van der Waals surface area contributed by atoms with Gasteiger partial charge in [-0.1, -0.05) is 97.7 Å². The van der Waals surface area contributed by atoms with Crippen LogP contribution >= 0.6 is 0 Å². The first kappa shape index (κ1) is 31.7. The zero-order chi connectivity index (χ0) is 18.7. The molecule has 1 unspecified atom stereocenters. The van der Waals surface area contributed by atoms with E-state index in [9.17, 15) is 0 Å². The second-order valence-corrected chi connectivity index (χ2v) is 7.50. The van der Waals surface area contributed by atoms with Crippen molar-refractivity contribution < 1.29 is 55.5 Å². The van der Waals surface area contributed by atoms with Crippen LogP contribution in [0.3, 0.4) is 0 Å². The van der Waals surface area contributed by atoms with Crippen LogP contribution in [0, 0.1) is 12.0 Å². The van der Waals surface area contributed by atoms with Gasteiger partial charge in [-0.2, -0.15) is 11.1 Å². The maximum atomic E-state index is 8.47. The predicted octanol–water partition coefficient (Wildman–Crippen LogP) is -2.00. The molecule has 6 heteroatoms. The Hall–Kier alpha value is -0.943. The molecule has 2 aromatic rings. The number of benzene rings is 2. The molecule has 0 heterocycles. The van der Waals surface area contributed by atoms with E-state index in [1.54, 1.807) is 0 Å². The number of hydrogen-bond acceptors (Lipinski definition) is 1. The first-order valence-corrected chi connectivity index (χ1v) is 9.48. The summed E-state index contributed by atoms with van der Waals surface area (Å²) in [6.45, 7) is 8.67. The molecule has 28 heavy (non-hydrogen) atoms. The van der Waals surface area contributed by atoms with Crippen LogP contribution < -0.4 is 35.2 Å². The summed E-state index contributed by atoms with van der Waals surface area (Å²) in [5.41, 5.74) is 9.77. The van der Waals surface area contributed by atoms with Gasteiger partial charge < -0.3 is 35.3 Å². The van der Waals surface area contributed by atoms with Gasteiger partial charge in [0.1, 0.15) is 9.52 Å². The average molecular weight is 598 g/mol. The van der Waals surface area contributed by atoms with Crippen molar-refractivity contribution in [3.63, 3.8) is 0 Å². The van der Waals surface area contributed by atoms with Crippen molar-refractivity contribution in [1.82, 2.24) is 0 Å². The topological polar surface area (TPSA) is 40.9 Å². The van der Waals surface area contributed by atoms with E-state index < -0.39 is 0 Å². The van der Waals surface area contributed by atoms with Crippen molar-refractivity contribution >= 4 is 26.3 Å². The Balaban J connectivity index is -0.000000372. The molecule has 1 N–H and O–H groups in total. The number of rotatable bonds is 2. The van der Waals surface area contributed by atoms with Crippen molar-refractivity contribution in [1.29, 1.82) is 0 Å². The molecule has 2 aromatic carbocycles. The van der Waals surface area contributed by atoms with Crippen LogP contribution in [0.4, 0.5) is 0 Å². The van der Waals surface area contributed by atoms with Crippen LogP contribution in [0.15, 0.2) is 77.4 Å². The predicted molar refractivity (Wildman–Crippen MR) is 110 cm³/mol. The van der Waals surface area contributed by atoms with Crippen molar-refractivity contribution in [3.8, 4) is 0 Å². The van der Waals surface area contributed by atoms with Crippen LogP contribution in [0.1, 0.15) is 27.7 Å². The van der Waals surface area contributed by atoms with Crippen molar-refractivity contribution in [2.24, 2.45) is 5.92 Å². The number of carbonyl (C=O) groups is 1. The van der Waals surface area contributed by atoms with Gasteiger partial charge >= 0.3 is 25.8 Å². The molecular formula is C22H26Cl2HfNOSi. The van der Waals surface area contributed by atoms with Gasteiger partial charge in [-0.05, 0) is 0 Å². The molecule has 1 radical (unpaired) electrons. The Morgan fingerprint density at radius 3 is 1.46 bits per heavy atom. The number of allylic oxidation sites excluding steroid dienone is 4. The van der Waals surface area contributed by atoms with Gasteiger partial charge in [-0.3, -0.25) is 6.08 Å². The quantitative estimate of drug-likeness (QED) is 0.224. The molecule has 3 rings (SSSR count). The van der Waals surface area contributed by atoms with Gasteiger partial charge in [-0.25, -0.2) is 5.57 Å². The largest absolute Gasteiger partial charge is 4.00 e. The van der Waals surface area contributed by atoms with Crippen LogP contribution in [0.2, 0.25) is 0 Å². The van der Waals surface area contributed by atoms with Crippen molar-refractivity contribution in [2.45, 2.75) is 27.7 Å². The smallest absolute Gasteiger partial charge is 1.00 e. The molecule has 1 aliphatic rings. The average Bonchev–Trinajstić information content (AvgIpc) is 2.84. The fourth-order valence-corrected chi connectivity index (χ4v) is 3.67. The molecule has 0 spiro atoms. The molecule has 147 valence electrons. The maximum Gasteiger partial charge on any atom is 4.00 e.